The molecule has 0 radical (unpaired) electrons. The maximum atomic E-state index is 15.3. The number of rotatable bonds is 5. The van der Waals surface area contributed by atoms with Gasteiger partial charge >= 0.3 is 12.2 Å². The fraction of sp³-hybridized carbons (Fsp3) is 0.424. The molecule has 3 amide bonds. The standard InChI is InChI=1S/C33H42FN5O5/c1-9-21(10-2)27-14-12-24(20-35-27)36-28(40)23-11-13-25(26(34)19-23)22-15-17-39(18-16-22)29(37-30(41)43-32(3,4)5)38-31(42)44-33(6,7)8/h9,11-15,19-20H,10,16-18H2,1-8H3,(H,36,40)(H,37,38,41,42)/b21-9+. The number of halogens is 1. The lowest BCUT2D eigenvalue weighted by atomic mass is 9.97. The third kappa shape index (κ3) is 10.0. The number of carbonyl (C=O) groups is 3. The minimum Gasteiger partial charge on any atom is -0.444 e. The first-order chi connectivity index (χ1) is 20.6. The van der Waals surface area contributed by atoms with Gasteiger partial charge in [-0.05, 0) is 96.7 Å². The average molecular weight is 608 g/mol. The summed E-state index contributed by atoms with van der Waals surface area (Å²) in [6.45, 7) is 14.8. The van der Waals surface area contributed by atoms with Gasteiger partial charge in [-0.2, -0.15) is 0 Å². The van der Waals surface area contributed by atoms with Crippen LogP contribution in [0.5, 0.6) is 0 Å². The zero-order valence-electron chi connectivity index (χ0n) is 26.7. The number of allylic oxidation sites excluding steroid dienone is 2. The van der Waals surface area contributed by atoms with Crippen molar-refractivity contribution >= 4 is 40.9 Å². The van der Waals surface area contributed by atoms with Gasteiger partial charge in [0.1, 0.15) is 17.0 Å². The number of benzene rings is 1. The Morgan fingerprint density at radius 3 is 2.30 bits per heavy atom. The largest absolute Gasteiger partial charge is 0.444 e. The van der Waals surface area contributed by atoms with Crippen LogP contribution in [-0.2, 0) is 9.47 Å². The van der Waals surface area contributed by atoms with Gasteiger partial charge in [0.15, 0.2) is 0 Å². The number of anilines is 1. The van der Waals surface area contributed by atoms with Crippen LogP contribution in [0.2, 0.25) is 0 Å². The summed E-state index contributed by atoms with van der Waals surface area (Å²) in [7, 11) is 0. The molecule has 44 heavy (non-hydrogen) atoms. The number of ether oxygens (including phenoxy) is 2. The molecule has 236 valence electrons. The van der Waals surface area contributed by atoms with E-state index in [1.807, 2.05) is 26.0 Å². The molecule has 0 saturated heterocycles. The SMILES string of the molecule is C/C=C(\CC)c1ccc(NC(=O)c2ccc(C3=CCN(/C(=N\C(=O)OC(C)(C)C)NC(=O)OC(C)(C)C)CC3)c(F)c2)cn1. The zero-order valence-corrected chi connectivity index (χ0v) is 26.7. The number of nitrogens with zero attached hydrogens (tertiary/aromatic N) is 3. The van der Waals surface area contributed by atoms with Crippen LogP contribution >= 0.6 is 0 Å². The van der Waals surface area contributed by atoms with Gasteiger partial charge in [-0.3, -0.25) is 15.1 Å². The van der Waals surface area contributed by atoms with Crippen LogP contribution in [0.1, 0.15) is 89.8 Å². The topological polar surface area (TPSA) is 122 Å². The number of pyridine rings is 1. The van der Waals surface area contributed by atoms with Crippen molar-refractivity contribution in [3.05, 3.63) is 71.3 Å². The quantitative estimate of drug-likeness (QED) is 0.272. The maximum Gasteiger partial charge on any atom is 0.437 e. The van der Waals surface area contributed by atoms with Gasteiger partial charge in [-0.25, -0.2) is 14.0 Å². The second kappa shape index (κ2) is 14.3. The number of nitrogens with one attached hydrogen (secondary N) is 2. The van der Waals surface area contributed by atoms with Crippen molar-refractivity contribution in [2.24, 2.45) is 4.99 Å². The molecule has 1 aliphatic heterocycles. The van der Waals surface area contributed by atoms with Crippen molar-refractivity contribution in [2.45, 2.75) is 79.4 Å². The Balaban J connectivity index is 1.73. The summed E-state index contributed by atoms with van der Waals surface area (Å²) >= 11 is 0. The van der Waals surface area contributed by atoms with E-state index < -0.39 is 35.1 Å². The number of aliphatic imine (C=N–C) groups is 1. The van der Waals surface area contributed by atoms with Crippen LogP contribution in [0.25, 0.3) is 11.1 Å². The predicted molar refractivity (Wildman–Crippen MR) is 170 cm³/mol. The monoisotopic (exact) mass is 607 g/mol. The molecule has 11 heteroatoms. The Morgan fingerprint density at radius 2 is 1.77 bits per heavy atom. The van der Waals surface area contributed by atoms with Crippen LogP contribution in [0.15, 0.2) is 53.7 Å². The fourth-order valence-corrected chi connectivity index (χ4v) is 4.36. The number of alkyl carbamates (subject to hydrolysis) is 1. The number of amides is 3. The third-order valence-electron chi connectivity index (χ3n) is 6.37. The molecule has 1 aromatic carbocycles. The Hall–Kier alpha value is -4.54. The molecule has 0 bridgehead atoms. The van der Waals surface area contributed by atoms with Crippen molar-refractivity contribution in [1.29, 1.82) is 0 Å². The van der Waals surface area contributed by atoms with Gasteiger partial charge in [-0.1, -0.05) is 25.1 Å². The Kier molecular flexibility index (Phi) is 11.0. The second-order valence-electron chi connectivity index (χ2n) is 12.2. The summed E-state index contributed by atoms with van der Waals surface area (Å²) in [5.74, 6) is -1.02. The molecule has 0 atom stereocenters. The van der Waals surface area contributed by atoms with E-state index in [-0.39, 0.29) is 18.1 Å². The van der Waals surface area contributed by atoms with E-state index in [9.17, 15) is 14.4 Å². The van der Waals surface area contributed by atoms with E-state index in [1.165, 1.54) is 6.07 Å². The second-order valence-corrected chi connectivity index (χ2v) is 12.2. The highest BCUT2D eigenvalue weighted by Crippen LogP contribution is 2.26. The molecule has 0 saturated carbocycles. The highest BCUT2D eigenvalue weighted by atomic mass is 19.1. The normalized spacial score (nSPS) is 14.5. The number of hydrogen-bond donors (Lipinski definition) is 2. The lowest BCUT2D eigenvalue weighted by Crippen LogP contribution is -2.48. The van der Waals surface area contributed by atoms with Crippen molar-refractivity contribution < 1.29 is 28.2 Å². The molecular formula is C33H42FN5O5. The van der Waals surface area contributed by atoms with E-state index >= 15 is 4.39 Å². The zero-order chi connectivity index (χ0) is 32.7. The highest BCUT2D eigenvalue weighted by molar-refractivity contribution is 6.04. The van der Waals surface area contributed by atoms with Crippen LogP contribution < -0.4 is 10.6 Å². The minimum absolute atomic E-state index is 0.0320. The van der Waals surface area contributed by atoms with Gasteiger partial charge < -0.3 is 19.7 Å². The summed E-state index contributed by atoms with van der Waals surface area (Å²) in [4.78, 5) is 47.8. The van der Waals surface area contributed by atoms with Gasteiger partial charge in [0.2, 0.25) is 5.96 Å². The van der Waals surface area contributed by atoms with Gasteiger partial charge in [0.05, 0.1) is 17.6 Å². The van der Waals surface area contributed by atoms with Crippen LogP contribution in [0, 0.1) is 5.82 Å². The van der Waals surface area contributed by atoms with Crippen molar-refractivity contribution in [2.75, 3.05) is 18.4 Å². The van der Waals surface area contributed by atoms with E-state index in [2.05, 4.69) is 20.6 Å². The lowest BCUT2D eigenvalue weighted by molar-refractivity contribution is 0.0554. The van der Waals surface area contributed by atoms with E-state index in [1.54, 1.807) is 76.9 Å². The number of carbonyl (C=O) groups excluding carboxylic acids is 3. The summed E-state index contributed by atoms with van der Waals surface area (Å²) in [5, 5.41) is 5.30. The number of guanidine groups is 1. The third-order valence-corrected chi connectivity index (χ3v) is 6.37. The fourth-order valence-electron chi connectivity index (χ4n) is 4.36. The molecule has 3 rings (SSSR count). The van der Waals surface area contributed by atoms with E-state index in [0.29, 0.717) is 24.2 Å². The molecule has 10 nitrogen and oxygen atoms in total. The molecule has 2 heterocycles. The van der Waals surface area contributed by atoms with Crippen LogP contribution in [0.4, 0.5) is 19.7 Å². The van der Waals surface area contributed by atoms with E-state index in [0.717, 1.165) is 23.3 Å². The highest BCUT2D eigenvalue weighted by Gasteiger charge is 2.25. The number of aromatic nitrogens is 1. The summed E-state index contributed by atoms with van der Waals surface area (Å²) in [6.07, 6.45) is 4.95. The summed E-state index contributed by atoms with van der Waals surface area (Å²) in [5.41, 5.74) is 2.16. The Labute approximate surface area is 258 Å². The van der Waals surface area contributed by atoms with Crippen LogP contribution in [-0.4, -0.2) is 58.2 Å². The minimum atomic E-state index is -0.867. The van der Waals surface area contributed by atoms with Gasteiger partial charge in [-0.15, -0.1) is 4.99 Å². The molecule has 0 spiro atoms. The summed E-state index contributed by atoms with van der Waals surface area (Å²) in [6, 6.07) is 7.94. The van der Waals surface area contributed by atoms with E-state index in [4.69, 9.17) is 9.47 Å². The maximum absolute atomic E-state index is 15.3. The molecule has 0 unspecified atom stereocenters. The first-order valence-corrected chi connectivity index (χ1v) is 14.6. The molecule has 1 aromatic heterocycles. The molecule has 0 aliphatic carbocycles. The van der Waals surface area contributed by atoms with Crippen molar-refractivity contribution in [3.8, 4) is 0 Å². The predicted octanol–water partition coefficient (Wildman–Crippen LogP) is 7.19. The Morgan fingerprint density at radius 1 is 1.07 bits per heavy atom. The van der Waals surface area contributed by atoms with Crippen molar-refractivity contribution in [1.82, 2.24) is 15.2 Å². The van der Waals surface area contributed by atoms with Crippen molar-refractivity contribution in [3.63, 3.8) is 0 Å². The first kappa shape index (κ1) is 34.0. The molecule has 2 aromatic rings. The summed E-state index contributed by atoms with van der Waals surface area (Å²) < 4.78 is 25.9. The van der Waals surface area contributed by atoms with Gasteiger partial charge in [0.25, 0.3) is 5.91 Å². The first-order valence-electron chi connectivity index (χ1n) is 14.6. The van der Waals surface area contributed by atoms with Gasteiger partial charge in [0, 0.05) is 24.2 Å². The van der Waals surface area contributed by atoms with Crippen LogP contribution in [0.3, 0.4) is 0 Å². The average Bonchev–Trinajstić information content (AvgIpc) is 2.92. The molecule has 1 aliphatic rings. The lowest BCUT2D eigenvalue weighted by Gasteiger charge is -2.30. The Bertz CT molecular complexity index is 1470. The number of hydrogen-bond acceptors (Lipinski definition) is 6. The molecule has 2 N–H and O–H groups in total. The molecular weight excluding hydrogens is 565 g/mol. The smallest absolute Gasteiger partial charge is 0.437 e. The molecule has 0 fully saturated rings.